The molecule has 0 radical (unpaired) electrons. The summed E-state index contributed by atoms with van der Waals surface area (Å²) in [7, 11) is 0. The first-order chi connectivity index (χ1) is 8.88. The van der Waals surface area contributed by atoms with Gasteiger partial charge in [-0.15, -0.1) is 0 Å². The van der Waals surface area contributed by atoms with Crippen molar-refractivity contribution >= 4 is 10.9 Å². The SMILES string of the molecule is NCc1cccn1Cc1cccc2cccnc12. The molecule has 0 atom stereocenters. The number of pyridine rings is 1. The standard InChI is InChI=1S/C15H15N3/c16-10-14-7-3-9-18(14)11-13-5-1-4-12-6-2-8-17-15(12)13/h1-9H,10-11,16H2. The highest BCUT2D eigenvalue weighted by atomic mass is 15.0. The third kappa shape index (κ3) is 1.89. The molecule has 1 aromatic carbocycles. The molecule has 3 heteroatoms. The van der Waals surface area contributed by atoms with Crippen molar-refractivity contribution < 1.29 is 0 Å². The van der Waals surface area contributed by atoms with Crippen LogP contribution in [0.3, 0.4) is 0 Å². The average molecular weight is 237 g/mol. The van der Waals surface area contributed by atoms with Gasteiger partial charge in [-0.05, 0) is 23.8 Å². The highest BCUT2D eigenvalue weighted by Gasteiger charge is 2.04. The molecule has 0 aliphatic carbocycles. The van der Waals surface area contributed by atoms with Gasteiger partial charge in [-0.25, -0.2) is 0 Å². The molecular formula is C15H15N3. The van der Waals surface area contributed by atoms with Crippen LogP contribution in [-0.4, -0.2) is 9.55 Å². The molecule has 0 amide bonds. The minimum atomic E-state index is 0.561. The van der Waals surface area contributed by atoms with Crippen LogP contribution < -0.4 is 5.73 Å². The molecule has 0 unspecified atom stereocenters. The van der Waals surface area contributed by atoms with Crippen LogP contribution >= 0.6 is 0 Å². The topological polar surface area (TPSA) is 43.8 Å². The third-order valence-electron chi connectivity index (χ3n) is 3.19. The Bertz CT molecular complexity index is 665. The van der Waals surface area contributed by atoms with E-state index in [0.29, 0.717) is 6.54 Å². The van der Waals surface area contributed by atoms with E-state index >= 15 is 0 Å². The second kappa shape index (κ2) is 4.63. The molecule has 0 saturated heterocycles. The number of nitrogens with two attached hydrogens (primary N) is 1. The molecule has 90 valence electrons. The summed E-state index contributed by atoms with van der Waals surface area (Å²) in [6.07, 6.45) is 3.90. The fourth-order valence-corrected chi connectivity index (χ4v) is 2.27. The lowest BCUT2D eigenvalue weighted by Crippen LogP contribution is -2.07. The summed E-state index contributed by atoms with van der Waals surface area (Å²) < 4.78 is 2.17. The van der Waals surface area contributed by atoms with Crippen LogP contribution in [0.15, 0.2) is 54.9 Å². The lowest BCUT2D eigenvalue weighted by molar-refractivity contribution is 0.746. The minimum Gasteiger partial charge on any atom is -0.346 e. The Morgan fingerprint density at radius 3 is 2.83 bits per heavy atom. The monoisotopic (exact) mass is 237 g/mol. The largest absolute Gasteiger partial charge is 0.346 e. The second-order valence-electron chi connectivity index (χ2n) is 4.32. The van der Waals surface area contributed by atoms with E-state index in [-0.39, 0.29) is 0 Å². The van der Waals surface area contributed by atoms with Gasteiger partial charge in [-0.3, -0.25) is 4.98 Å². The zero-order chi connectivity index (χ0) is 12.4. The van der Waals surface area contributed by atoms with Crippen molar-refractivity contribution in [3.05, 3.63) is 66.1 Å². The van der Waals surface area contributed by atoms with Crippen LogP contribution in [0.4, 0.5) is 0 Å². The van der Waals surface area contributed by atoms with E-state index in [1.165, 1.54) is 10.9 Å². The maximum atomic E-state index is 5.72. The maximum absolute atomic E-state index is 5.72. The lowest BCUT2D eigenvalue weighted by atomic mass is 10.1. The molecular weight excluding hydrogens is 222 g/mol. The van der Waals surface area contributed by atoms with Crippen LogP contribution in [0.2, 0.25) is 0 Å². The first kappa shape index (κ1) is 11.0. The van der Waals surface area contributed by atoms with Crippen molar-refractivity contribution in [2.45, 2.75) is 13.1 Å². The Morgan fingerprint density at radius 2 is 1.94 bits per heavy atom. The van der Waals surface area contributed by atoms with E-state index in [2.05, 4.69) is 46.1 Å². The van der Waals surface area contributed by atoms with Crippen molar-refractivity contribution in [2.24, 2.45) is 5.73 Å². The average Bonchev–Trinajstić information content (AvgIpc) is 2.86. The van der Waals surface area contributed by atoms with Crippen LogP contribution in [0.5, 0.6) is 0 Å². The molecule has 0 aliphatic rings. The Balaban J connectivity index is 2.05. The van der Waals surface area contributed by atoms with Gasteiger partial charge in [0.2, 0.25) is 0 Å². The number of nitrogens with zero attached hydrogens (tertiary/aromatic N) is 2. The first-order valence-electron chi connectivity index (χ1n) is 6.05. The maximum Gasteiger partial charge on any atom is 0.0751 e. The highest BCUT2D eigenvalue weighted by molar-refractivity contribution is 5.81. The predicted molar refractivity (Wildman–Crippen MR) is 73.2 cm³/mol. The third-order valence-corrected chi connectivity index (χ3v) is 3.19. The van der Waals surface area contributed by atoms with Gasteiger partial charge in [-0.1, -0.05) is 24.3 Å². The van der Waals surface area contributed by atoms with Gasteiger partial charge in [0.15, 0.2) is 0 Å². The molecule has 3 nitrogen and oxygen atoms in total. The van der Waals surface area contributed by atoms with Crippen LogP contribution in [0.25, 0.3) is 10.9 Å². The molecule has 0 spiro atoms. The smallest absolute Gasteiger partial charge is 0.0751 e. The summed E-state index contributed by atoms with van der Waals surface area (Å²) in [5.41, 5.74) is 9.15. The van der Waals surface area contributed by atoms with Crippen molar-refractivity contribution in [1.29, 1.82) is 0 Å². The number of benzene rings is 1. The fourth-order valence-electron chi connectivity index (χ4n) is 2.27. The van der Waals surface area contributed by atoms with Crippen LogP contribution in [-0.2, 0) is 13.1 Å². The van der Waals surface area contributed by atoms with E-state index in [1.54, 1.807) is 0 Å². The van der Waals surface area contributed by atoms with Crippen molar-refractivity contribution in [2.75, 3.05) is 0 Å². The Morgan fingerprint density at radius 1 is 1.06 bits per heavy atom. The first-order valence-corrected chi connectivity index (χ1v) is 6.05. The molecule has 2 heterocycles. The summed E-state index contributed by atoms with van der Waals surface area (Å²) in [4.78, 5) is 4.47. The van der Waals surface area contributed by atoms with Gasteiger partial charge in [0.25, 0.3) is 0 Å². The number of aromatic nitrogens is 2. The summed E-state index contributed by atoms with van der Waals surface area (Å²) >= 11 is 0. The molecule has 3 rings (SSSR count). The molecule has 3 aromatic rings. The van der Waals surface area contributed by atoms with Gasteiger partial charge >= 0.3 is 0 Å². The number of hydrogen-bond acceptors (Lipinski definition) is 2. The molecule has 0 saturated carbocycles. The number of hydrogen-bond donors (Lipinski definition) is 1. The number of para-hydroxylation sites is 1. The van der Waals surface area contributed by atoms with E-state index in [1.807, 2.05) is 18.3 Å². The molecule has 18 heavy (non-hydrogen) atoms. The van der Waals surface area contributed by atoms with E-state index in [4.69, 9.17) is 5.73 Å². The zero-order valence-electron chi connectivity index (χ0n) is 10.1. The number of fused-ring (bicyclic) bond motifs is 1. The Labute approximate surface area is 106 Å². The van der Waals surface area contributed by atoms with Gasteiger partial charge in [0, 0.05) is 36.6 Å². The molecule has 0 aliphatic heterocycles. The molecule has 2 aromatic heterocycles. The fraction of sp³-hybridized carbons (Fsp3) is 0.133. The van der Waals surface area contributed by atoms with Gasteiger partial charge in [0.05, 0.1) is 5.52 Å². The predicted octanol–water partition coefficient (Wildman–Crippen LogP) is 2.54. The summed E-state index contributed by atoms with van der Waals surface area (Å²) in [5, 5.41) is 1.18. The summed E-state index contributed by atoms with van der Waals surface area (Å²) in [6.45, 7) is 1.37. The van der Waals surface area contributed by atoms with Crippen molar-refractivity contribution in [3.63, 3.8) is 0 Å². The quantitative estimate of drug-likeness (QED) is 0.760. The van der Waals surface area contributed by atoms with Crippen molar-refractivity contribution in [1.82, 2.24) is 9.55 Å². The summed E-state index contributed by atoms with van der Waals surface area (Å²) in [5.74, 6) is 0. The van der Waals surface area contributed by atoms with E-state index in [9.17, 15) is 0 Å². The zero-order valence-corrected chi connectivity index (χ0v) is 10.1. The van der Waals surface area contributed by atoms with E-state index in [0.717, 1.165) is 17.8 Å². The van der Waals surface area contributed by atoms with Crippen LogP contribution in [0.1, 0.15) is 11.3 Å². The van der Waals surface area contributed by atoms with Gasteiger partial charge < -0.3 is 10.3 Å². The van der Waals surface area contributed by atoms with Crippen LogP contribution in [0, 0.1) is 0 Å². The second-order valence-corrected chi connectivity index (χ2v) is 4.32. The molecule has 0 fully saturated rings. The highest BCUT2D eigenvalue weighted by Crippen LogP contribution is 2.17. The lowest BCUT2D eigenvalue weighted by Gasteiger charge is -2.09. The summed E-state index contributed by atoms with van der Waals surface area (Å²) in [6, 6.07) is 14.4. The van der Waals surface area contributed by atoms with Gasteiger partial charge in [0.1, 0.15) is 0 Å². The normalized spacial score (nSPS) is 10.9. The Hall–Kier alpha value is -2.13. The van der Waals surface area contributed by atoms with Crippen molar-refractivity contribution in [3.8, 4) is 0 Å². The van der Waals surface area contributed by atoms with Gasteiger partial charge in [-0.2, -0.15) is 0 Å². The number of rotatable bonds is 3. The molecule has 0 bridgehead atoms. The molecule has 2 N–H and O–H groups in total. The minimum absolute atomic E-state index is 0.561. The van der Waals surface area contributed by atoms with E-state index < -0.39 is 0 Å². The Kier molecular flexibility index (Phi) is 2.82.